The summed E-state index contributed by atoms with van der Waals surface area (Å²) in [4.78, 5) is 24.4. The molecular weight excluding hydrogens is 408 g/mol. The molecule has 0 spiro atoms. The van der Waals surface area contributed by atoms with Crippen molar-refractivity contribution in [3.8, 4) is 0 Å². The summed E-state index contributed by atoms with van der Waals surface area (Å²) >= 11 is 0. The number of hydrogen-bond acceptors (Lipinski definition) is 7. The van der Waals surface area contributed by atoms with Gasteiger partial charge >= 0.3 is 11.9 Å². The standard InChI is InChI=1S/C25H30N2O5/c1-2-30-21-9-11-22(12-10-21)32-25(29)18-6-3-17(4-7-18)5-14-24(28)31-16-19-15-20(26)8-13-23(19)27/h3-8,13-15,21-22H,2,9-12,16,26-27H2,1H3. The van der Waals surface area contributed by atoms with E-state index in [2.05, 4.69) is 0 Å². The summed E-state index contributed by atoms with van der Waals surface area (Å²) < 4.78 is 16.5. The zero-order valence-corrected chi connectivity index (χ0v) is 18.3. The van der Waals surface area contributed by atoms with Gasteiger partial charge in [-0.15, -0.1) is 0 Å². The Morgan fingerprint density at radius 1 is 1.00 bits per heavy atom. The number of benzene rings is 2. The fraction of sp³-hybridized carbons (Fsp3) is 0.360. The second kappa shape index (κ2) is 11.3. The van der Waals surface area contributed by atoms with Gasteiger partial charge in [0.15, 0.2) is 0 Å². The van der Waals surface area contributed by atoms with Crippen molar-refractivity contribution in [3.63, 3.8) is 0 Å². The van der Waals surface area contributed by atoms with E-state index in [1.165, 1.54) is 6.08 Å². The molecule has 0 radical (unpaired) electrons. The fourth-order valence-corrected chi connectivity index (χ4v) is 3.61. The maximum atomic E-state index is 12.4. The molecule has 0 aliphatic heterocycles. The largest absolute Gasteiger partial charge is 0.459 e. The predicted molar refractivity (Wildman–Crippen MR) is 124 cm³/mol. The molecule has 1 saturated carbocycles. The highest BCUT2D eigenvalue weighted by Gasteiger charge is 2.24. The van der Waals surface area contributed by atoms with E-state index in [9.17, 15) is 9.59 Å². The Labute approximate surface area is 188 Å². The molecule has 7 heteroatoms. The van der Waals surface area contributed by atoms with Crippen LogP contribution in [0.1, 0.15) is 54.1 Å². The molecule has 2 aromatic rings. The smallest absolute Gasteiger partial charge is 0.338 e. The van der Waals surface area contributed by atoms with Crippen LogP contribution >= 0.6 is 0 Å². The lowest BCUT2D eigenvalue weighted by atomic mass is 9.95. The first-order valence-corrected chi connectivity index (χ1v) is 10.9. The van der Waals surface area contributed by atoms with Crippen molar-refractivity contribution in [2.24, 2.45) is 0 Å². The summed E-state index contributed by atoms with van der Waals surface area (Å²) in [5.74, 6) is -0.836. The third-order valence-corrected chi connectivity index (χ3v) is 5.39. The molecule has 0 heterocycles. The number of hydrogen-bond donors (Lipinski definition) is 2. The quantitative estimate of drug-likeness (QED) is 0.362. The Hall–Kier alpha value is -3.32. The lowest BCUT2D eigenvalue weighted by molar-refractivity contribution is -0.138. The number of nitrogens with two attached hydrogens (primary N) is 2. The number of nitrogen functional groups attached to an aromatic ring is 2. The molecule has 170 valence electrons. The summed E-state index contributed by atoms with van der Waals surface area (Å²) in [5.41, 5.74) is 14.5. The third kappa shape index (κ3) is 6.85. The van der Waals surface area contributed by atoms with Crippen LogP contribution in [0, 0.1) is 0 Å². The number of carbonyl (C=O) groups excluding carboxylic acids is 2. The van der Waals surface area contributed by atoms with E-state index in [1.807, 2.05) is 6.92 Å². The van der Waals surface area contributed by atoms with E-state index >= 15 is 0 Å². The third-order valence-electron chi connectivity index (χ3n) is 5.39. The minimum Gasteiger partial charge on any atom is -0.459 e. The van der Waals surface area contributed by atoms with Crippen LogP contribution < -0.4 is 11.5 Å². The normalized spacial score (nSPS) is 18.4. The van der Waals surface area contributed by atoms with Gasteiger partial charge in [-0.1, -0.05) is 12.1 Å². The van der Waals surface area contributed by atoms with Crippen molar-refractivity contribution in [1.29, 1.82) is 0 Å². The molecule has 0 aromatic heterocycles. The summed E-state index contributed by atoms with van der Waals surface area (Å²) in [7, 11) is 0. The molecule has 1 aliphatic carbocycles. The lowest BCUT2D eigenvalue weighted by Crippen LogP contribution is -2.28. The number of ether oxygens (including phenoxy) is 3. The molecule has 1 aliphatic rings. The summed E-state index contributed by atoms with van der Waals surface area (Å²) in [6.45, 7) is 2.74. The van der Waals surface area contributed by atoms with Crippen LogP contribution in [-0.4, -0.2) is 30.8 Å². The SMILES string of the molecule is CCOC1CCC(OC(=O)c2ccc(C=CC(=O)OCc3cc(N)ccc3N)cc2)CC1. The van der Waals surface area contributed by atoms with Crippen LogP contribution in [0.25, 0.3) is 6.08 Å². The Kier molecular flexibility index (Phi) is 8.27. The Morgan fingerprint density at radius 3 is 2.38 bits per heavy atom. The van der Waals surface area contributed by atoms with Gasteiger partial charge < -0.3 is 25.7 Å². The van der Waals surface area contributed by atoms with Gasteiger partial charge in [0.05, 0.1) is 11.7 Å². The maximum absolute atomic E-state index is 12.4. The van der Waals surface area contributed by atoms with Gasteiger partial charge in [0.2, 0.25) is 0 Å². The zero-order chi connectivity index (χ0) is 22.9. The number of esters is 2. The van der Waals surface area contributed by atoms with E-state index in [0.717, 1.165) is 31.2 Å². The van der Waals surface area contributed by atoms with E-state index in [0.29, 0.717) is 29.1 Å². The first-order valence-electron chi connectivity index (χ1n) is 10.9. The maximum Gasteiger partial charge on any atom is 0.338 e. The average Bonchev–Trinajstić information content (AvgIpc) is 2.80. The molecule has 0 saturated heterocycles. The van der Waals surface area contributed by atoms with Gasteiger partial charge in [-0.05, 0) is 74.6 Å². The number of carbonyl (C=O) groups is 2. The molecule has 3 rings (SSSR count). The van der Waals surface area contributed by atoms with Crippen LogP contribution in [-0.2, 0) is 25.6 Å². The topological polar surface area (TPSA) is 114 Å². The number of rotatable bonds is 8. The molecule has 0 unspecified atom stereocenters. The van der Waals surface area contributed by atoms with Gasteiger partial charge in [-0.2, -0.15) is 0 Å². The molecule has 2 aromatic carbocycles. The van der Waals surface area contributed by atoms with Gasteiger partial charge in [0.25, 0.3) is 0 Å². The van der Waals surface area contributed by atoms with Gasteiger partial charge in [-0.3, -0.25) is 0 Å². The van der Waals surface area contributed by atoms with Crippen LogP contribution in [0.4, 0.5) is 11.4 Å². The van der Waals surface area contributed by atoms with Gasteiger partial charge in [-0.25, -0.2) is 9.59 Å². The summed E-state index contributed by atoms with van der Waals surface area (Å²) in [6.07, 6.45) is 6.62. The molecule has 0 bridgehead atoms. The summed E-state index contributed by atoms with van der Waals surface area (Å²) in [5, 5.41) is 0. The van der Waals surface area contributed by atoms with Crippen LogP contribution in [0.2, 0.25) is 0 Å². The average molecular weight is 439 g/mol. The van der Waals surface area contributed by atoms with Crippen molar-refractivity contribution < 1.29 is 23.8 Å². The molecule has 32 heavy (non-hydrogen) atoms. The Bertz CT molecular complexity index is 947. The first-order chi connectivity index (χ1) is 15.4. The van der Waals surface area contributed by atoms with Crippen molar-refractivity contribution >= 4 is 29.4 Å². The Balaban J connectivity index is 1.46. The van der Waals surface area contributed by atoms with Crippen molar-refractivity contribution in [1.82, 2.24) is 0 Å². The molecule has 7 nitrogen and oxygen atoms in total. The van der Waals surface area contributed by atoms with Crippen molar-refractivity contribution in [3.05, 3.63) is 65.2 Å². The molecule has 0 atom stereocenters. The van der Waals surface area contributed by atoms with Crippen LogP contribution in [0.15, 0.2) is 48.5 Å². The molecule has 1 fully saturated rings. The second-order valence-electron chi connectivity index (χ2n) is 7.78. The van der Waals surface area contributed by atoms with Crippen LogP contribution in [0.3, 0.4) is 0 Å². The minimum atomic E-state index is -0.502. The second-order valence-corrected chi connectivity index (χ2v) is 7.78. The van der Waals surface area contributed by atoms with Crippen molar-refractivity contribution in [2.45, 2.75) is 51.4 Å². The molecule has 4 N–H and O–H groups in total. The van der Waals surface area contributed by atoms with E-state index in [1.54, 1.807) is 48.5 Å². The summed E-state index contributed by atoms with van der Waals surface area (Å²) in [6, 6.07) is 11.9. The minimum absolute atomic E-state index is 0.0390. The monoisotopic (exact) mass is 438 g/mol. The molecule has 0 amide bonds. The zero-order valence-electron chi connectivity index (χ0n) is 18.3. The highest BCUT2D eigenvalue weighted by molar-refractivity contribution is 5.90. The predicted octanol–water partition coefficient (Wildman–Crippen LogP) is 4.11. The van der Waals surface area contributed by atoms with Crippen molar-refractivity contribution in [2.75, 3.05) is 18.1 Å². The Morgan fingerprint density at radius 2 is 1.69 bits per heavy atom. The van der Waals surface area contributed by atoms with E-state index in [-0.39, 0.29) is 24.8 Å². The highest BCUT2D eigenvalue weighted by Crippen LogP contribution is 2.24. The van der Waals surface area contributed by atoms with Gasteiger partial charge in [0, 0.05) is 29.6 Å². The van der Waals surface area contributed by atoms with Gasteiger partial charge in [0.1, 0.15) is 12.7 Å². The lowest BCUT2D eigenvalue weighted by Gasteiger charge is -2.28. The molecular formula is C25H30N2O5. The highest BCUT2D eigenvalue weighted by atomic mass is 16.5. The van der Waals surface area contributed by atoms with Crippen LogP contribution in [0.5, 0.6) is 0 Å². The first kappa shape index (κ1) is 23.3. The number of anilines is 2. The van der Waals surface area contributed by atoms with E-state index in [4.69, 9.17) is 25.7 Å². The fourth-order valence-electron chi connectivity index (χ4n) is 3.61. The van der Waals surface area contributed by atoms with E-state index < -0.39 is 5.97 Å².